The molecule has 0 saturated carbocycles. The van der Waals surface area contributed by atoms with Crippen molar-refractivity contribution in [1.82, 2.24) is 0 Å². The van der Waals surface area contributed by atoms with Gasteiger partial charge in [0.15, 0.2) is 0 Å². The molecule has 4 heteroatoms. The van der Waals surface area contributed by atoms with Gasteiger partial charge in [-0.3, -0.25) is 4.79 Å². The van der Waals surface area contributed by atoms with E-state index in [1.54, 1.807) is 0 Å². The van der Waals surface area contributed by atoms with Crippen LogP contribution in [0.3, 0.4) is 0 Å². The van der Waals surface area contributed by atoms with Crippen molar-refractivity contribution in [1.29, 1.82) is 0 Å². The van der Waals surface area contributed by atoms with Crippen LogP contribution in [0, 0.1) is 34.6 Å². The lowest BCUT2D eigenvalue weighted by atomic mass is 10.1. The van der Waals surface area contributed by atoms with E-state index in [4.69, 9.17) is 4.74 Å². The zero-order valence-electron chi connectivity index (χ0n) is 16.5. The molecule has 1 amide bonds. The fourth-order valence-electron chi connectivity index (χ4n) is 3.36. The largest absolute Gasteiger partial charge is 0.488 e. The first-order valence-corrected chi connectivity index (χ1v) is 9.87. The molecule has 0 spiro atoms. The van der Waals surface area contributed by atoms with E-state index in [0.29, 0.717) is 11.5 Å². The van der Waals surface area contributed by atoms with Crippen LogP contribution in [0.5, 0.6) is 5.75 Å². The van der Waals surface area contributed by atoms with Gasteiger partial charge in [0.1, 0.15) is 12.4 Å². The predicted octanol–water partition coefficient (Wildman–Crippen LogP) is 6.12. The summed E-state index contributed by atoms with van der Waals surface area (Å²) < 4.78 is 6.03. The zero-order valence-corrected chi connectivity index (χ0v) is 17.3. The van der Waals surface area contributed by atoms with Crippen molar-refractivity contribution in [2.75, 3.05) is 5.32 Å². The fraction of sp³-hybridized carbons (Fsp3) is 0.261. The van der Waals surface area contributed by atoms with Gasteiger partial charge in [-0.1, -0.05) is 23.8 Å². The fourth-order valence-corrected chi connectivity index (χ4v) is 4.15. The average molecular weight is 380 g/mol. The number of anilines is 1. The number of ether oxygens (including phenoxy) is 1. The number of rotatable bonds is 5. The van der Waals surface area contributed by atoms with Crippen LogP contribution < -0.4 is 10.1 Å². The zero-order chi connectivity index (χ0) is 19.6. The highest BCUT2D eigenvalue weighted by molar-refractivity contribution is 7.12. The van der Waals surface area contributed by atoms with E-state index in [1.165, 1.54) is 16.9 Å². The number of amides is 1. The first kappa shape index (κ1) is 19.2. The summed E-state index contributed by atoms with van der Waals surface area (Å²) in [5.41, 5.74) is 7.60. The molecule has 27 heavy (non-hydrogen) atoms. The Hall–Kier alpha value is -2.59. The summed E-state index contributed by atoms with van der Waals surface area (Å²) in [6, 6.07) is 12.2. The molecule has 0 fully saturated rings. The van der Waals surface area contributed by atoms with Crippen molar-refractivity contribution in [3.63, 3.8) is 0 Å². The molecule has 2 aromatic carbocycles. The molecule has 0 aliphatic rings. The minimum absolute atomic E-state index is 0.0843. The molecule has 1 N–H and O–H groups in total. The topological polar surface area (TPSA) is 38.3 Å². The molecule has 0 atom stereocenters. The lowest BCUT2D eigenvalue weighted by Gasteiger charge is -2.12. The monoisotopic (exact) mass is 379 g/mol. The third kappa shape index (κ3) is 4.77. The van der Waals surface area contributed by atoms with E-state index in [1.807, 2.05) is 37.4 Å². The van der Waals surface area contributed by atoms with Crippen molar-refractivity contribution < 1.29 is 9.53 Å². The number of aryl methyl sites for hydroxylation is 5. The molecule has 1 aromatic heterocycles. The summed E-state index contributed by atoms with van der Waals surface area (Å²) in [4.78, 5) is 13.2. The minimum Gasteiger partial charge on any atom is -0.488 e. The summed E-state index contributed by atoms with van der Waals surface area (Å²) in [7, 11) is 0. The Morgan fingerprint density at radius 1 is 0.889 bits per heavy atom. The first-order valence-electron chi connectivity index (χ1n) is 8.99. The third-order valence-electron chi connectivity index (χ3n) is 4.34. The highest BCUT2D eigenvalue weighted by atomic mass is 32.1. The molecule has 0 aliphatic heterocycles. The Labute approximate surface area is 165 Å². The van der Waals surface area contributed by atoms with Gasteiger partial charge in [0.2, 0.25) is 0 Å². The Morgan fingerprint density at radius 2 is 1.48 bits per heavy atom. The SMILES string of the molecule is Cc1cc(C)cc(NC(=O)c2cc(COc3c(C)cc(C)cc3C)cs2)c1. The first-order chi connectivity index (χ1) is 12.8. The van der Waals surface area contributed by atoms with Crippen molar-refractivity contribution >= 4 is 22.9 Å². The van der Waals surface area contributed by atoms with Gasteiger partial charge < -0.3 is 10.1 Å². The normalized spacial score (nSPS) is 10.7. The number of benzene rings is 2. The second kappa shape index (κ2) is 7.97. The van der Waals surface area contributed by atoms with Crippen LogP contribution in [-0.4, -0.2) is 5.91 Å². The maximum Gasteiger partial charge on any atom is 0.265 e. The molecule has 3 aromatic rings. The van der Waals surface area contributed by atoms with Crippen molar-refractivity contribution in [2.24, 2.45) is 0 Å². The van der Waals surface area contributed by atoms with Gasteiger partial charge in [-0.15, -0.1) is 11.3 Å². The second-order valence-electron chi connectivity index (χ2n) is 7.17. The molecular formula is C23H25NO2S. The minimum atomic E-state index is -0.0843. The van der Waals surface area contributed by atoms with Crippen LogP contribution in [0.25, 0.3) is 0 Å². The summed E-state index contributed by atoms with van der Waals surface area (Å²) >= 11 is 1.44. The van der Waals surface area contributed by atoms with Gasteiger partial charge in [-0.2, -0.15) is 0 Å². The van der Waals surface area contributed by atoms with E-state index >= 15 is 0 Å². The lowest BCUT2D eigenvalue weighted by Crippen LogP contribution is -2.10. The van der Waals surface area contributed by atoms with E-state index < -0.39 is 0 Å². The highest BCUT2D eigenvalue weighted by Crippen LogP contribution is 2.26. The summed E-state index contributed by atoms with van der Waals surface area (Å²) in [5.74, 6) is 0.840. The number of hydrogen-bond donors (Lipinski definition) is 1. The standard InChI is InChI=1S/C23H25NO2S/c1-14-6-15(2)10-20(9-14)24-23(25)21-11-19(13-27-21)12-26-22-17(4)7-16(3)8-18(22)5/h6-11,13H,12H2,1-5H3,(H,24,25). The molecule has 0 bridgehead atoms. The molecule has 1 heterocycles. The molecule has 0 unspecified atom stereocenters. The van der Waals surface area contributed by atoms with Crippen molar-refractivity contribution in [3.8, 4) is 5.75 Å². The van der Waals surface area contributed by atoms with Gasteiger partial charge in [0.25, 0.3) is 5.91 Å². The summed E-state index contributed by atoms with van der Waals surface area (Å²) in [5, 5.41) is 4.96. The van der Waals surface area contributed by atoms with Gasteiger partial charge >= 0.3 is 0 Å². The van der Waals surface area contributed by atoms with Crippen LogP contribution in [-0.2, 0) is 6.61 Å². The van der Waals surface area contributed by atoms with Gasteiger partial charge in [0.05, 0.1) is 4.88 Å². The number of nitrogens with one attached hydrogen (secondary N) is 1. The van der Waals surface area contributed by atoms with Crippen LogP contribution in [0.15, 0.2) is 41.8 Å². The quantitative estimate of drug-likeness (QED) is 0.580. The molecule has 3 nitrogen and oxygen atoms in total. The molecule has 0 radical (unpaired) electrons. The van der Waals surface area contributed by atoms with Crippen LogP contribution >= 0.6 is 11.3 Å². The third-order valence-corrected chi connectivity index (χ3v) is 5.32. The van der Waals surface area contributed by atoms with Gasteiger partial charge in [-0.05, 0) is 80.5 Å². The van der Waals surface area contributed by atoms with E-state index in [-0.39, 0.29) is 5.91 Å². The molecule has 140 valence electrons. The number of carbonyl (C=O) groups is 1. The molecule has 3 rings (SSSR count). The summed E-state index contributed by atoms with van der Waals surface area (Å²) in [6.07, 6.45) is 0. The molecule has 0 saturated heterocycles. The predicted molar refractivity (Wildman–Crippen MR) is 113 cm³/mol. The van der Waals surface area contributed by atoms with E-state index in [0.717, 1.165) is 39.3 Å². The number of hydrogen-bond acceptors (Lipinski definition) is 3. The maximum atomic E-state index is 12.5. The number of thiophene rings is 1. The average Bonchev–Trinajstić information content (AvgIpc) is 3.02. The Kier molecular flexibility index (Phi) is 5.66. The van der Waals surface area contributed by atoms with Crippen LogP contribution in [0.4, 0.5) is 5.69 Å². The smallest absolute Gasteiger partial charge is 0.265 e. The molecular weight excluding hydrogens is 354 g/mol. The van der Waals surface area contributed by atoms with Crippen molar-refractivity contribution in [3.05, 3.63) is 80.0 Å². The molecule has 0 aliphatic carbocycles. The second-order valence-corrected chi connectivity index (χ2v) is 8.08. The van der Waals surface area contributed by atoms with Gasteiger partial charge in [0, 0.05) is 11.3 Å². The Balaban J connectivity index is 1.67. The summed E-state index contributed by atoms with van der Waals surface area (Å²) in [6.45, 7) is 10.7. The number of carbonyl (C=O) groups excluding carboxylic acids is 1. The Bertz CT molecular complexity index is 945. The van der Waals surface area contributed by atoms with Crippen molar-refractivity contribution in [2.45, 2.75) is 41.2 Å². The lowest BCUT2D eigenvalue weighted by molar-refractivity contribution is 0.103. The van der Waals surface area contributed by atoms with E-state index in [9.17, 15) is 4.79 Å². The van der Waals surface area contributed by atoms with Crippen LogP contribution in [0.1, 0.15) is 43.1 Å². The van der Waals surface area contributed by atoms with Crippen LogP contribution in [0.2, 0.25) is 0 Å². The van der Waals surface area contributed by atoms with E-state index in [2.05, 4.69) is 44.3 Å². The Morgan fingerprint density at radius 3 is 2.11 bits per heavy atom. The van der Waals surface area contributed by atoms with Gasteiger partial charge in [-0.25, -0.2) is 0 Å². The highest BCUT2D eigenvalue weighted by Gasteiger charge is 2.12. The maximum absolute atomic E-state index is 12.5.